The maximum absolute atomic E-state index is 5.40. The monoisotopic (exact) mass is 124 g/mol. The summed E-state index contributed by atoms with van der Waals surface area (Å²) in [6, 6.07) is 0. The van der Waals surface area contributed by atoms with Crippen LogP contribution in [0.3, 0.4) is 0 Å². The van der Waals surface area contributed by atoms with Crippen molar-refractivity contribution < 1.29 is 4.74 Å². The molecule has 0 bridgehead atoms. The molecule has 0 N–H and O–H groups in total. The predicted octanol–water partition coefficient (Wildman–Crippen LogP) is 2.09. The summed E-state index contributed by atoms with van der Waals surface area (Å²) in [7, 11) is 0. The second-order valence-electron chi connectivity index (χ2n) is 3.33. The van der Waals surface area contributed by atoms with Gasteiger partial charge in [0.2, 0.25) is 0 Å². The predicted molar refractivity (Wildman–Crippen MR) is 36.0 cm³/mol. The van der Waals surface area contributed by atoms with E-state index >= 15 is 0 Å². The van der Waals surface area contributed by atoms with Crippen LogP contribution in [0.15, 0.2) is 12.3 Å². The average molecular weight is 124 g/mol. The Morgan fingerprint density at radius 1 is 1.67 bits per heavy atom. The van der Waals surface area contributed by atoms with Gasteiger partial charge in [-0.1, -0.05) is 6.92 Å². The fourth-order valence-electron chi connectivity index (χ4n) is 1.86. The van der Waals surface area contributed by atoms with Crippen molar-refractivity contribution in [3.05, 3.63) is 12.3 Å². The molecular formula is C8H12O. The van der Waals surface area contributed by atoms with Crippen LogP contribution in [0, 0.1) is 5.41 Å². The van der Waals surface area contributed by atoms with Gasteiger partial charge in [-0.05, 0) is 25.3 Å². The molecule has 0 spiro atoms. The van der Waals surface area contributed by atoms with Gasteiger partial charge < -0.3 is 4.74 Å². The third kappa shape index (κ3) is 0.606. The zero-order chi connectivity index (χ0) is 6.32. The van der Waals surface area contributed by atoms with Crippen molar-refractivity contribution in [2.45, 2.75) is 32.3 Å². The maximum Gasteiger partial charge on any atom is 0.107 e. The first-order valence-electron chi connectivity index (χ1n) is 3.64. The summed E-state index contributed by atoms with van der Waals surface area (Å²) in [5, 5.41) is 0. The minimum absolute atomic E-state index is 0.403. The van der Waals surface area contributed by atoms with E-state index in [0.717, 1.165) is 0 Å². The number of hydrogen-bond acceptors (Lipinski definition) is 1. The molecular weight excluding hydrogens is 112 g/mol. The summed E-state index contributed by atoms with van der Waals surface area (Å²) in [6.07, 6.45) is 8.50. The van der Waals surface area contributed by atoms with Gasteiger partial charge in [0.05, 0.1) is 6.26 Å². The van der Waals surface area contributed by atoms with Crippen LogP contribution in [-0.2, 0) is 4.74 Å². The Labute approximate surface area is 55.7 Å². The van der Waals surface area contributed by atoms with Gasteiger partial charge in [0.15, 0.2) is 0 Å². The second-order valence-corrected chi connectivity index (χ2v) is 3.33. The molecule has 0 aromatic heterocycles. The smallest absolute Gasteiger partial charge is 0.107 e. The molecule has 1 fully saturated rings. The van der Waals surface area contributed by atoms with Crippen molar-refractivity contribution >= 4 is 0 Å². The van der Waals surface area contributed by atoms with Crippen molar-refractivity contribution in [2.24, 2.45) is 5.41 Å². The molecule has 1 aliphatic carbocycles. The molecule has 0 saturated heterocycles. The Bertz CT molecular complexity index is 151. The molecule has 2 atom stereocenters. The topological polar surface area (TPSA) is 9.23 Å². The van der Waals surface area contributed by atoms with Gasteiger partial charge in [0, 0.05) is 5.41 Å². The molecule has 2 aliphatic rings. The first kappa shape index (κ1) is 5.33. The maximum atomic E-state index is 5.40. The fourth-order valence-corrected chi connectivity index (χ4v) is 1.86. The standard InChI is InChI=1S/C8H12O/c1-8-4-2-3-7(8)9-6-5-8/h5-7H,2-4H2,1H3. The van der Waals surface area contributed by atoms with Crippen molar-refractivity contribution in [3.8, 4) is 0 Å². The van der Waals surface area contributed by atoms with E-state index in [2.05, 4.69) is 13.0 Å². The van der Waals surface area contributed by atoms with Crippen LogP contribution < -0.4 is 0 Å². The summed E-state index contributed by atoms with van der Waals surface area (Å²) in [5.74, 6) is 0. The van der Waals surface area contributed by atoms with Gasteiger partial charge in [-0.3, -0.25) is 0 Å². The van der Waals surface area contributed by atoms with E-state index in [4.69, 9.17) is 4.74 Å². The number of fused-ring (bicyclic) bond motifs is 1. The lowest BCUT2D eigenvalue weighted by atomic mass is 9.88. The van der Waals surface area contributed by atoms with Gasteiger partial charge in [-0.15, -0.1) is 0 Å². The third-order valence-corrected chi connectivity index (χ3v) is 2.61. The summed E-state index contributed by atoms with van der Waals surface area (Å²) >= 11 is 0. The highest BCUT2D eigenvalue weighted by Gasteiger charge is 2.40. The molecule has 50 valence electrons. The Kier molecular flexibility index (Phi) is 0.904. The minimum Gasteiger partial charge on any atom is -0.497 e. The molecule has 0 aromatic rings. The van der Waals surface area contributed by atoms with Crippen LogP contribution in [-0.4, -0.2) is 6.10 Å². The molecule has 1 heteroatoms. The third-order valence-electron chi connectivity index (χ3n) is 2.61. The molecule has 1 aliphatic heterocycles. The number of ether oxygens (including phenoxy) is 1. The summed E-state index contributed by atoms with van der Waals surface area (Å²) in [4.78, 5) is 0. The Balaban J connectivity index is 2.26. The van der Waals surface area contributed by atoms with Crippen molar-refractivity contribution in [1.29, 1.82) is 0 Å². The normalized spacial score (nSPS) is 47.0. The van der Waals surface area contributed by atoms with Crippen molar-refractivity contribution in [2.75, 3.05) is 0 Å². The van der Waals surface area contributed by atoms with Crippen molar-refractivity contribution in [3.63, 3.8) is 0 Å². The molecule has 1 heterocycles. The second kappa shape index (κ2) is 1.53. The molecule has 0 aromatic carbocycles. The SMILES string of the molecule is CC12C=COC1CCC2. The zero-order valence-electron chi connectivity index (χ0n) is 5.76. The lowest BCUT2D eigenvalue weighted by Crippen LogP contribution is -2.20. The Morgan fingerprint density at radius 2 is 2.56 bits per heavy atom. The first-order chi connectivity index (χ1) is 4.31. The zero-order valence-corrected chi connectivity index (χ0v) is 5.76. The molecule has 2 rings (SSSR count). The molecule has 0 radical (unpaired) electrons. The van der Waals surface area contributed by atoms with E-state index in [9.17, 15) is 0 Å². The molecule has 1 saturated carbocycles. The highest BCUT2D eigenvalue weighted by molar-refractivity contribution is 5.08. The summed E-state index contributed by atoms with van der Waals surface area (Å²) in [6.45, 7) is 2.29. The van der Waals surface area contributed by atoms with Gasteiger partial charge in [-0.2, -0.15) is 0 Å². The first-order valence-corrected chi connectivity index (χ1v) is 3.64. The largest absolute Gasteiger partial charge is 0.497 e. The van der Waals surface area contributed by atoms with E-state index in [1.165, 1.54) is 19.3 Å². The van der Waals surface area contributed by atoms with Gasteiger partial charge in [-0.25, -0.2) is 0 Å². The molecule has 1 nitrogen and oxygen atoms in total. The van der Waals surface area contributed by atoms with Crippen molar-refractivity contribution in [1.82, 2.24) is 0 Å². The summed E-state index contributed by atoms with van der Waals surface area (Å²) < 4.78 is 5.40. The number of hydrogen-bond donors (Lipinski definition) is 0. The van der Waals surface area contributed by atoms with E-state index in [-0.39, 0.29) is 0 Å². The molecule has 2 unspecified atom stereocenters. The van der Waals surface area contributed by atoms with E-state index < -0.39 is 0 Å². The summed E-state index contributed by atoms with van der Waals surface area (Å²) in [5.41, 5.74) is 0.403. The Hall–Kier alpha value is -0.460. The van der Waals surface area contributed by atoms with Crippen LogP contribution in [0.5, 0.6) is 0 Å². The minimum atomic E-state index is 0.403. The van der Waals surface area contributed by atoms with Gasteiger partial charge in [0.1, 0.15) is 6.10 Å². The van der Waals surface area contributed by atoms with E-state index in [0.29, 0.717) is 11.5 Å². The Morgan fingerprint density at radius 3 is 3.33 bits per heavy atom. The lowest BCUT2D eigenvalue weighted by molar-refractivity contribution is 0.111. The van der Waals surface area contributed by atoms with Crippen LogP contribution in [0.4, 0.5) is 0 Å². The van der Waals surface area contributed by atoms with Gasteiger partial charge >= 0.3 is 0 Å². The fraction of sp³-hybridized carbons (Fsp3) is 0.750. The van der Waals surface area contributed by atoms with Crippen LogP contribution in [0.25, 0.3) is 0 Å². The quantitative estimate of drug-likeness (QED) is 0.480. The van der Waals surface area contributed by atoms with Crippen LogP contribution in [0.1, 0.15) is 26.2 Å². The van der Waals surface area contributed by atoms with E-state index in [1.807, 2.05) is 6.26 Å². The van der Waals surface area contributed by atoms with Crippen LogP contribution >= 0.6 is 0 Å². The highest BCUT2D eigenvalue weighted by atomic mass is 16.5. The molecule has 9 heavy (non-hydrogen) atoms. The molecule has 0 amide bonds. The van der Waals surface area contributed by atoms with E-state index in [1.54, 1.807) is 0 Å². The van der Waals surface area contributed by atoms with Gasteiger partial charge in [0.25, 0.3) is 0 Å². The lowest BCUT2D eigenvalue weighted by Gasteiger charge is -2.19. The number of rotatable bonds is 0. The highest BCUT2D eigenvalue weighted by Crippen LogP contribution is 2.44. The average Bonchev–Trinajstić information content (AvgIpc) is 2.22. The van der Waals surface area contributed by atoms with Crippen LogP contribution in [0.2, 0.25) is 0 Å².